The topological polar surface area (TPSA) is 51.6 Å². The van der Waals surface area contributed by atoms with Crippen molar-refractivity contribution in [3.8, 4) is 78.9 Å². The fourth-order valence-electron chi connectivity index (χ4n) is 6.74. The number of benzene rings is 7. The van der Waals surface area contributed by atoms with Gasteiger partial charge in [-0.2, -0.15) is 0 Å². The maximum Gasteiger partial charge on any atom is 0.164 e. The SMILES string of the molecule is c1ccc(-c2cc(-c3ccc(-c4c(-c5nc(-c6ccccc6)nc(-c6ccccc6)n5)ccc5ccccc45)cc3)cc(-c3ccccc3)n2)cc1. The lowest BCUT2D eigenvalue weighted by atomic mass is 9.91. The van der Waals surface area contributed by atoms with Crippen molar-refractivity contribution >= 4 is 10.8 Å². The van der Waals surface area contributed by atoms with Crippen LogP contribution < -0.4 is 0 Å². The molecule has 0 saturated carbocycles. The molecule has 0 radical (unpaired) electrons. The molecule has 0 atom stereocenters. The Morgan fingerprint density at radius 3 is 1.25 bits per heavy atom. The van der Waals surface area contributed by atoms with E-state index in [2.05, 4.69) is 121 Å². The molecule has 0 N–H and O–H groups in total. The van der Waals surface area contributed by atoms with Gasteiger partial charge in [-0.15, -0.1) is 0 Å². The van der Waals surface area contributed by atoms with E-state index in [1.54, 1.807) is 0 Å². The zero-order valence-corrected chi connectivity index (χ0v) is 28.3. The highest BCUT2D eigenvalue weighted by molar-refractivity contribution is 6.03. The second kappa shape index (κ2) is 13.7. The Morgan fingerprint density at radius 2 is 0.712 bits per heavy atom. The minimum atomic E-state index is 0.631. The lowest BCUT2D eigenvalue weighted by Gasteiger charge is -2.15. The van der Waals surface area contributed by atoms with Gasteiger partial charge in [0.1, 0.15) is 0 Å². The standard InChI is InChI=1S/C48H32N4/c1-5-16-35(17-6-1)43-31-40(32-44(49-43)36-18-7-2-8-19-36)33-25-27-37(28-26-33)45-41-24-14-13-15-34(41)29-30-42(45)48-51-46(38-20-9-3-10-21-38)50-47(52-48)39-22-11-4-12-23-39/h1-32H. The van der Waals surface area contributed by atoms with Crippen LogP contribution in [-0.4, -0.2) is 19.9 Å². The van der Waals surface area contributed by atoms with Crippen molar-refractivity contribution < 1.29 is 0 Å². The van der Waals surface area contributed by atoms with E-state index < -0.39 is 0 Å². The quantitative estimate of drug-likeness (QED) is 0.170. The highest BCUT2D eigenvalue weighted by Crippen LogP contribution is 2.39. The number of fused-ring (bicyclic) bond motifs is 1. The molecule has 2 heterocycles. The van der Waals surface area contributed by atoms with Gasteiger partial charge in [0, 0.05) is 33.4 Å². The van der Waals surface area contributed by atoms with Gasteiger partial charge in [0.15, 0.2) is 17.5 Å². The van der Waals surface area contributed by atoms with E-state index in [-0.39, 0.29) is 0 Å². The minimum absolute atomic E-state index is 0.631. The summed E-state index contributed by atoms with van der Waals surface area (Å²) in [6.07, 6.45) is 0. The lowest BCUT2D eigenvalue weighted by molar-refractivity contribution is 1.07. The molecule has 0 bridgehead atoms. The molecule has 9 rings (SSSR count). The summed E-state index contributed by atoms with van der Waals surface area (Å²) in [5.74, 6) is 1.91. The molecule has 0 unspecified atom stereocenters. The molecule has 0 spiro atoms. The van der Waals surface area contributed by atoms with E-state index in [4.69, 9.17) is 19.9 Å². The molecule has 52 heavy (non-hydrogen) atoms. The van der Waals surface area contributed by atoms with Gasteiger partial charge in [0.05, 0.1) is 11.4 Å². The van der Waals surface area contributed by atoms with Crippen LogP contribution in [0.4, 0.5) is 0 Å². The first-order valence-electron chi connectivity index (χ1n) is 17.4. The number of hydrogen-bond acceptors (Lipinski definition) is 4. The van der Waals surface area contributed by atoms with Crippen LogP contribution in [0.1, 0.15) is 0 Å². The van der Waals surface area contributed by atoms with Crippen molar-refractivity contribution in [2.24, 2.45) is 0 Å². The summed E-state index contributed by atoms with van der Waals surface area (Å²) >= 11 is 0. The van der Waals surface area contributed by atoms with Crippen molar-refractivity contribution in [3.05, 3.63) is 194 Å². The van der Waals surface area contributed by atoms with Crippen LogP contribution in [-0.2, 0) is 0 Å². The van der Waals surface area contributed by atoms with E-state index in [9.17, 15) is 0 Å². The lowest BCUT2D eigenvalue weighted by Crippen LogP contribution is -2.01. The minimum Gasteiger partial charge on any atom is -0.248 e. The van der Waals surface area contributed by atoms with Gasteiger partial charge in [0.2, 0.25) is 0 Å². The zero-order chi connectivity index (χ0) is 34.7. The average Bonchev–Trinajstić information content (AvgIpc) is 3.24. The van der Waals surface area contributed by atoms with E-state index in [1.165, 1.54) is 0 Å². The third-order valence-electron chi connectivity index (χ3n) is 9.34. The van der Waals surface area contributed by atoms with Crippen LogP contribution in [0.5, 0.6) is 0 Å². The maximum absolute atomic E-state index is 5.11. The van der Waals surface area contributed by atoms with E-state index in [0.717, 1.165) is 72.2 Å². The summed E-state index contributed by atoms with van der Waals surface area (Å²) in [6.45, 7) is 0. The second-order valence-corrected chi connectivity index (χ2v) is 12.7. The van der Waals surface area contributed by atoms with Gasteiger partial charge in [-0.3, -0.25) is 0 Å². The Morgan fingerprint density at radius 1 is 0.269 bits per heavy atom. The summed E-state index contributed by atoms with van der Waals surface area (Å²) in [4.78, 5) is 20.2. The van der Waals surface area contributed by atoms with Crippen molar-refractivity contribution in [2.45, 2.75) is 0 Å². The molecular formula is C48H32N4. The molecule has 0 fully saturated rings. The van der Waals surface area contributed by atoms with Crippen molar-refractivity contribution in [1.82, 2.24) is 19.9 Å². The maximum atomic E-state index is 5.11. The summed E-state index contributed by atoms with van der Waals surface area (Å²) in [6, 6.07) is 67.0. The Hall–Kier alpha value is -7.04. The van der Waals surface area contributed by atoms with Gasteiger partial charge in [-0.25, -0.2) is 19.9 Å². The number of hydrogen-bond donors (Lipinski definition) is 0. The van der Waals surface area contributed by atoms with Crippen molar-refractivity contribution in [2.75, 3.05) is 0 Å². The van der Waals surface area contributed by atoms with Gasteiger partial charge in [0.25, 0.3) is 0 Å². The average molecular weight is 665 g/mol. The number of nitrogens with zero attached hydrogens (tertiary/aromatic N) is 4. The fraction of sp³-hybridized carbons (Fsp3) is 0. The van der Waals surface area contributed by atoms with Crippen LogP contribution in [0.2, 0.25) is 0 Å². The smallest absolute Gasteiger partial charge is 0.164 e. The second-order valence-electron chi connectivity index (χ2n) is 12.7. The zero-order valence-electron chi connectivity index (χ0n) is 28.3. The van der Waals surface area contributed by atoms with Gasteiger partial charge < -0.3 is 0 Å². The first-order chi connectivity index (χ1) is 25.8. The van der Waals surface area contributed by atoms with Crippen LogP contribution >= 0.6 is 0 Å². The number of pyridine rings is 1. The molecule has 0 amide bonds. The summed E-state index contributed by atoms with van der Waals surface area (Å²) in [7, 11) is 0. The first-order valence-corrected chi connectivity index (χ1v) is 17.4. The Labute approximate surface area is 302 Å². The first kappa shape index (κ1) is 31.0. The predicted octanol–water partition coefficient (Wildman–Crippen LogP) is 12.1. The molecule has 0 saturated heterocycles. The Bertz CT molecular complexity index is 2530. The number of aromatic nitrogens is 4. The molecule has 2 aromatic heterocycles. The normalized spacial score (nSPS) is 11.1. The predicted molar refractivity (Wildman–Crippen MR) is 213 cm³/mol. The molecule has 9 aromatic rings. The Kier molecular flexibility index (Phi) is 8.16. The Balaban J connectivity index is 1.20. The van der Waals surface area contributed by atoms with Crippen molar-refractivity contribution in [3.63, 3.8) is 0 Å². The third-order valence-corrected chi connectivity index (χ3v) is 9.34. The third kappa shape index (κ3) is 6.14. The molecular weight excluding hydrogens is 633 g/mol. The van der Waals surface area contributed by atoms with E-state index >= 15 is 0 Å². The van der Waals surface area contributed by atoms with Gasteiger partial charge in [-0.1, -0.05) is 176 Å². The summed E-state index contributed by atoms with van der Waals surface area (Å²) in [5.41, 5.74) is 11.3. The van der Waals surface area contributed by atoms with Crippen LogP contribution in [0.3, 0.4) is 0 Å². The molecule has 7 aromatic carbocycles. The molecule has 0 aliphatic rings. The summed E-state index contributed by atoms with van der Waals surface area (Å²) < 4.78 is 0. The van der Waals surface area contributed by atoms with Gasteiger partial charge in [-0.05, 0) is 45.7 Å². The number of rotatable bonds is 7. The fourth-order valence-corrected chi connectivity index (χ4v) is 6.74. The molecule has 244 valence electrons. The van der Waals surface area contributed by atoms with Crippen LogP contribution in [0.15, 0.2) is 194 Å². The molecule has 0 aliphatic heterocycles. The summed E-state index contributed by atoms with van der Waals surface area (Å²) in [5, 5.41) is 2.29. The van der Waals surface area contributed by atoms with Crippen molar-refractivity contribution in [1.29, 1.82) is 0 Å². The molecule has 4 nitrogen and oxygen atoms in total. The van der Waals surface area contributed by atoms with E-state index in [1.807, 2.05) is 72.8 Å². The molecule has 0 aliphatic carbocycles. The highest BCUT2D eigenvalue weighted by Gasteiger charge is 2.18. The highest BCUT2D eigenvalue weighted by atomic mass is 15.0. The largest absolute Gasteiger partial charge is 0.248 e. The molecule has 4 heteroatoms. The van der Waals surface area contributed by atoms with Crippen LogP contribution in [0, 0.1) is 0 Å². The van der Waals surface area contributed by atoms with E-state index in [0.29, 0.717) is 17.5 Å². The monoisotopic (exact) mass is 664 g/mol. The van der Waals surface area contributed by atoms with Crippen LogP contribution in [0.25, 0.3) is 89.7 Å². The van der Waals surface area contributed by atoms with Gasteiger partial charge >= 0.3 is 0 Å².